The van der Waals surface area contributed by atoms with Crippen LogP contribution in [0.15, 0.2) is 36.4 Å². The molecule has 0 saturated carbocycles. The largest absolute Gasteiger partial charge is 2.00 e. The van der Waals surface area contributed by atoms with Crippen LogP contribution in [0.5, 0.6) is 0 Å². The zero-order valence-corrected chi connectivity index (χ0v) is 10.7. The van der Waals surface area contributed by atoms with Crippen LogP contribution in [0.25, 0.3) is 10.8 Å². The van der Waals surface area contributed by atoms with E-state index >= 15 is 0 Å². The van der Waals surface area contributed by atoms with Gasteiger partial charge in [0.05, 0.1) is 0 Å². The summed E-state index contributed by atoms with van der Waals surface area (Å²) >= 11 is 0. The van der Waals surface area contributed by atoms with Gasteiger partial charge in [-0.25, -0.2) is 0 Å². The van der Waals surface area contributed by atoms with Gasteiger partial charge in [-0.3, -0.25) is 14.9 Å². The summed E-state index contributed by atoms with van der Waals surface area (Å²) < 4.78 is 0. The maximum absolute atomic E-state index is 11.6. The fourth-order valence-corrected chi connectivity index (χ4v) is 1.96. The molecule has 1 aliphatic rings. The number of carbonyl (C=O) groups excluding carboxylic acids is 2. The first-order valence-corrected chi connectivity index (χ1v) is 4.65. The molecule has 0 fully saturated rings. The molecule has 4 heteroatoms. The Morgan fingerprint density at radius 3 is 1.88 bits per heavy atom. The molecular formula is C12H9CaNO2. The van der Waals surface area contributed by atoms with Crippen molar-refractivity contribution in [2.45, 2.75) is 0 Å². The zero-order valence-electron chi connectivity index (χ0n) is 10.5. The molecule has 0 unspecified atom stereocenters. The van der Waals surface area contributed by atoms with E-state index in [-0.39, 0.29) is 52.4 Å². The Hall–Kier alpha value is -0.900. The molecule has 0 saturated heterocycles. The standard InChI is InChI=1S/C12H7NO2.Ca.2H/c14-11-8-5-1-3-7-4-2-6-9(10(7)8)12(15)13-11;;;/h1-6H,(H,13,14,15);;;/q;+2;2*-1. The molecule has 2 aromatic carbocycles. The summed E-state index contributed by atoms with van der Waals surface area (Å²) in [6.45, 7) is 0. The van der Waals surface area contributed by atoms with Gasteiger partial charge in [-0.2, -0.15) is 0 Å². The van der Waals surface area contributed by atoms with Gasteiger partial charge in [0.15, 0.2) is 0 Å². The first-order valence-electron chi connectivity index (χ1n) is 4.65. The Morgan fingerprint density at radius 1 is 0.875 bits per heavy atom. The van der Waals surface area contributed by atoms with E-state index in [0.717, 1.165) is 10.8 Å². The summed E-state index contributed by atoms with van der Waals surface area (Å²) in [5, 5.41) is 4.00. The Labute approximate surface area is 125 Å². The van der Waals surface area contributed by atoms with E-state index in [1.54, 1.807) is 12.1 Å². The van der Waals surface area contributed by atoms with E-state index in [1.807, 2.05) is 24.3 Å². The van der Waals surface area contributed by atoms with Crippen LogP contribution in [0, 0.1) is 0 Å². The second-order valence-corrected chi connectivity index (χ2v) is 3.49. The smallest absolute Gasteiger partial charge is 1.00 e. The van der Waals surface area contributed by atoms with Gasteiger partial charge >= 0.3 is 37.7 Å². The molecule has 1 N–H and O–H groups in total. The third kappa shape index (κ3) is 1.56. The van der Waals surface area contributed by atoms with E-state index in [1.165, 1.54) is 0 Å². The minimum absolute atomic E-state index is 0. The second kappa shape index (κ2) is 4.17. The van der Waals surface area contributed by atoms with Crippen molar-refractivity contribution in [2.24, 2.45) is 0 Å². The van der Waals surface area contributed by atoms with Crippen LogP contribution in [0.4, 0.5) is 0 Å². The summed E-state index contributed by atoms with van der Waals surface area (Å²) in [7, 11) is 0. The molecule has 0 bridgehead atoms. The minimum atomic E-state index is -0.315. The van der Waals surface area contributed by atoms with E-state index in [2.05, 4.69) is 5.32 Å². The number of nitrogens with one attached hydrogen (secondary N) is 1. The number of carbonyl (C=O) groups is 2. The van der Waals surface area contributed by atoms with Crippen molar-refractivity contribution in [1.82, 2.24) is 5.32 Å². The van der Waals surface area contributed by atoms with E-state index in [0.29, 0.717) is 11.1 Å². The first-order chi connectivity index (χ1) is 7.27. The quantitative estimate of drug-likeness (QED) is 0.560. The second-order valence-electron chi connectivity index (χ2n) is 3.49. The number of hydrogen-bond acceptors (Lipinski definition) is 2. The Balaban J connectivity index is 0.000000963. The van der Waals surface area contributed by atoms with E-state index in [9.17, 15) is 9.59 Å². The van der Waals surface area contributed by atoms with Crippen molar-refractivity contribution in [1.29, 1.82) is 0 Å². The summed E-state index contributed by atoms with van der Waals surface area (Å²) in [4.78, 5) is 23.1. The number of benzene rings is 2. The summed E-state index contributed by atoms with van der Waals surface area (Å²) in [6, 6.07) is 10.9. The van der Waals surface area contributed by atoms with Crippen molar-refractivity contribution < 1.29 is 12.4 Å². The molecule has 2 aromatic rings. The predicted molar refractivity (Wildman–Crippen MR) is 63.7 cm³/mol. The van der Waals surface area contributed by atoms with Gasteiger partial charge < -0.3 is 2.85 Å². The monoisotopic (exact) mass is 239 g/mol. The molecular weight excluding hydrogens is 230 g/mol. The van der Waals surface area contributed by atoms with Gasteiger partial charge in [-0.05, 0) is 17.5 Å². The number of imide groups is 1. The molecule has 3 rings (SSSR count). The fourth-order valence-electron chi connectivity index (χ4n) is 1.96. The molecule has 3 nitrogen and oxygen atoms in total. The minimum Gasteiger partial charge on any atom is -1.00 e. The number of rotatable bonds is 0. The Kier molecular flexibility index (Phi) is 3.02. The van der Waals surface area contributed by atoms with Crippen molar-refractivity contribution in [3.8, 4) is 0 Å². The summed E-state index contributed by atoms with van der Waals surface area (Å²) in [6.07, 6.45) is 0. The van der Waals surface area contributed by atoms with Gasteiger partial charge in [0.1, 0.15) is 0 Å². The van der Waals surface area contributed by atoms with Crippen LogP contribution >= 0.6 is 0 Å². The SMILES string of the molecule is O=C1NC(=O)c2cccc3cccc1c23.[Ca+2].[H-].[H-]. The third-order valence-corrected chi connectivity index (χ3v) is 2.62. The maximum Gasteiger partial charge on any atom is 2.00 e. The van der Waals surface area contributed by atoms with Crippen LogP contribution in [0.1, 0.15) is 23.6 Å². The van der Waals surface area contributed by atoms with Crippen LogP contribution in [-0.4, -0.2) is 49.6 Å². The van der Waals surface area contributed by atoms with Gasteiger partial charge in [0, 0.05) is 16.5 Å². The van der Waals surface area contributed by atoms with Gasteiger partial charge in [0.2, 0.25) is 0 Å². The molecule has 2 amide bonds. The molecule has 16 heavy (non-hydrogen) atoms. The fraction of sp³-hybridized carbons (Fsp3) is 0. The number of hydrogen-bond donors (Lipinski definition) is 1. The molecule has 0 radical (unpaired) electrons. The third-order valence-electron chi connectivity index (χ3n) is 2.62. The average Bonchev–Trinajstić information content (AvgIpc) is 2.25. The predicted octanol–water partition coefficient (Wildman–Crippen LogP) is 1.57. The molecule has 0 atom stereocenters. The topological polar surface area (TPSA) is 46.2 Å². The van der Waals surface area contributed by atoms with Crippen molar-refractivity contribution in [2.75, 3.05) is 0 Å². The van der Waals surface area contributed by atoms with Gasteiger partial charge in [-0.1, -0.05) is 24.3 Å². The molecule has 1 heterocycles. The van der Waals surface area contributed by atoms with E-state index < -0.39 is 0 Å². The zero-order chi connectivity index (χ0) is 10.4. The van der Waals surface area contributed by atoms with E-state index in [4.69, 9.17) is 0 Å². The number of amides is 2. The van der Waals surface area contributed by atoms with Crippen molar-refractivity contribution in [3.63, 3.8) is 0 Å². The molecule has 0 aliphatic carbocycles. The molecule has 0 spiro atoms. The molecule has 1 aliphatic heterocycles. The Bertz CT molecular complexity index is 567. The van der Waals surface area contributed by atoms with Gasteiger partial charge in [0.25, 0.3) is 11.8 Å². The normalized spacial score (nSPS) is 13.2. The maximum atomic E-state index is 11.6. The van der Waals surface area contributed by atoms with Crippen molar-refractivity contribution in [3.05, 3.63) is 47.5 Å². The van der Waals surface area contributed by atoms with Crippen LogP contribution in [0.2, 0.25) is 0 Å². The Morgan fingerprint density at radius 2 is 1.38 bits per heavy atom. The molecule has 0 aromatic heterocycles. The van der Waals surface area contributed by atoms with Crippen LogP contribution in [0.3, 0.4) is 0 Å². The molecule has 76 valence electrons. The van der Waals surface area contributed by atoms with Gasteiger partial charge in [-0.15, -0.1) is 0 Å². The summed E-state index contributed by atoms with van der Waals surface area (Å²) in [5.41, 5.74) is 1.14. The van der Waals surface area contributed by atoms with Crippen molar-refractivity contribution >= 4 is 60.3 Å². The average molecular weight is 239 g/mol. The first kappa shape index (κ1) is 11.6. The summed E-state index contributed by atoms with van der Waals surface area (Å²) in [5.74, 6) is -0.631. The van der Waals surface area contributed by atoms with Crippen LogP contribution < -0.4 is 5.32 Å². The van der Waals surface area contributed by atoms with Crippen LogP contribution in [-0.2, 0) is 0 Å².